The van der Waals surface area contributed by atoms with Gasteiger partial charge in [-0.05, 0) is 50.2 Å². The molecule has 0 bridgehead atoms. The highest BCUT2D eigenvalue weighted by molar-refractivity contribution is 7.92. The molecule has 0 saturated carbocycles. The minimum absolute atomic E-state index is 0.00942. The van der Waals surface area contributed by atoms with E-state index < -0.39 is 44.0 Å². The summed E-state index contributed by atoms with van der Waals surface area (Å²) in [7, 11) is -6.46. The predicted molar refractivity (Wildman–Crippen MR) is 156 cm³/mol. The third-order valence-electron chi connectivity index (χ3n) is 7.16. The maximum atomic E-state index is 13.7. The molecule has 0 spiro atoms. The summed E-state index contributed by atoms with van der Waals surface area (Å²) < 4.78 is 63.3. The topological polar surface area (TPSA) is 133 Å². The average molecular weight is 602 g/mol. The third-order valence-corrected chi connectivity index (χ3v) is 10.4. The molecule has 0 aromatic heterocycles. The highest BCUT2D eigenvalue weighted by Crippen LogP contribution is 2.36. The Morgan fingerprint density at radius 3 is 2.29 bits per heavy atom. The average Bonchev–Trinajstić information content (AvgIpc) is 2.95. The van der Waals surface area contributed by atoms with Gasteiger partial charge in [-0.3, -0.25) is 9.52 Å². The molecule has 3 aromatic rings. The predicted octanol–water partition coefficient (Wildman–Crippen LogP) is 3.34. The normalized spacial score (nSPS) is 18.7. The van der Waals surface area contributed by atoms with Crippen LogP contribution < -0.4 is 9.46 Å². The molecule has 10 nitrogen and oxygen atoms in total. The summed E-state index contributed by atoms with van der Waals surface area (Å²) >= 11 is 0. The van der Waals surface area contributed by atoms with E-state index in [1.807, 2.05) is 13.8 Å². The first-order valence-corrected chi connectivity index (χ1v) is 16.1. The van der Waals surface area contributed by atoms with Crippen LogP contribution in [0.2, 0.25) is 0 Å². The SMILES string of the molecule is Cc1ccc(S(=O)(=O)N(C)C[C@@H]2Oc3c(NS(=O)(=O)c4ccccc4)cccc3C(=O)N([C@H](C)CO)C[C@H]2C)cc1. The number of fused-ring (bicyclic) bond motifs is 1. The maximum absolute atomic E-state index is 13.7. The van der Waals surface area contributed by atoms with Crippen molar-refractivity contribution in [2.24, 2.45) is 5.92 Å². The van der Waals surface area contributed by atoms with Gasteiger partial charge < -0.3 is 14.7 Å². The van der Waals surface area contributed by atoms with Crippen LogP contribution in [0.1, 0.15) is 29.8 Å². The second-order valence-electron chi connectivity index (χ2n) is 10.3. The number of carbonyl (C=O) groups excluding carboxylic acids is 1. The molecule has 0 unspecified atom stereocenters. The minimum Gasteiger partial charge on any atom is -0.486 e. The molecule has 4 rings (SSSR count). The van der Waals surface area contributed by atoms with Crippen molar-refractivity contribution in [3.05, 3.63) is 83.9 Å². The van der Waals surface area contributed by atoms with Gasteiger partial charge in [0.15, 0.2) is 5.75 Å². The lowest BCUT2D eigenvalue weighted by Crippen LogP contribution is -2.50. The Hall–Kier alpha value is -3.45. The molecule has 1 aliphatic rings. The number of likely N-dealkylation sites (N-methyl/N-ethyl adjacent to an activating group) is 1. The fraction of sp³-hybridized carbons (Fsp3) is 0.345. The number of aryl methyl sites for hydroxylation is 1. The fourth-order valence-electron chi connectivity index (χ4n) is 4.59. The molecule has 0 radical (unpaired) electrons. The zero-order chi connectivity index (χ0) is 29.9. The number of rotatable bonds is 9. The van der Waals surface area contributed by atoms with Crippen molar-refractivity contribution in [1.29, 1.82) is 0 Å². The van der Waals surface area contributed by atoms with Gasteiger partial charge in [0, 0.05) is 19.5 Å². The lowest BCUT2D eigenvalue weighted by atomic mass is 9.99. The lowest BCUT2D eigenvalue weighted by Gasteiger charge is -2.38. The van der Waals surface area contributed by atoms with E-state index >= 15 is 0 Å². The Labute approximate surface area is 241 Å². The van der Waals surface area contributed by atoms with E-state index in [4.69, 9.17) is 4.74 Å². The van der Waals surface area contributed by atoms with Gasteiger partial charge in [0.05, 0.1) is 40.2 Å². The van der Waals surface area contributed by atoms with Crippen LogP contribution >= 0.6 is 0 Å². The van der Waals surface area contributed by atoms with Crippen LogP contribution in [0, 0.1) is 12.8 Å². The van der Waals surface area contributed by atoms with Gasteiger partial charge >= 0.3 is 0 Å². The van der Waals surface area contributed by atoms with E-state index in [-0.39, 0.29) is 46.5 Å². The first-order chi connectivity index (χ1) is 19.3. The summed E-state index contributed by atoms with van der Waals surface area (Å²) in [5.74, 6) is -0.839. The summed E-state index contributed by atoms with van der Waals surface area (Å²) in [6, 6.07) is 18.3. The quantitative estimate of drug-likeness (QED) is 0.384. The first-order valence-electron chi connectivity index (χ1n) is 13.2. The zero-order valence-corrected chi connectivity index (χ0v) is 25.0. The summed E-state index contributed by atoms with van der Waals surface area (Å²) in [5.41, 5.74) is 1.06. The molecule has 0 saturated heterocycles. The second-order valence-corrected chi connectivity index (χ2v) is 14.0. The van der Waals surface area contributed by atoms with Crippen LogP contribution in [-0.4, -0.2) is 75.9 Å². The van der Waals surface area contributed by atoms with Gasteiger partial charge in [0.1, 0.15) is 6.10 Å². The maximum Gasteiger partial charge on any atom is 0.262 e. The van der Waals surface area contributed by atoms with Crippen LogP contribution in [0.4, 0.5) is 5.69 Å². The molecular weight excluding hydrogens is 566 g/mol. The van der Waals surface area contributed by atoms with Gasteiger partial charge in [0.25, 0.3) is 15.9 Å². The number of para-hydroxylation sites is 1. The van der Waals surface area contributed by atoms with Gasteiger partial charge in [-0.1, -0.05) is 48.9 Å². The minimum atomic E-state index is -4.04. The van der Waals surface area contributed by atoms with E-state index in [0.717, 1.165) is 5.56 Å². The number of aliphatic hydroxyl groups excluding tert-OH is 1. The zero-order valence-electron chi connectivity index (χ0n) is 23.4. The lowest BCUT2D eigenvalue weighted by molar-refractivity contribution is 0.0389. The van der Waals surface area contributed by atoms with Crippen molar-refractivity contribution in [3.63, 3.8) is 0 Å². The number of anilines is 1. The Bertz CT molecular complexity index is 1600. The molecule has 1 amide bonds. The van der Waals surface area contributed by atoms with Crippen LogP contribution in [0.5, 0.6) is 5.75 Å². The largest absolute Gasteiger partial charge is 0.486 e. The standard InChI is InChI=1S/C29H35N3O7S2/c1-20-13-15-24(16-14-20)41(37,38)31(4)18-27-21(2)17-32(22(3)19-33)29(34)25-11-8-12-26(28(25)39-27)30-40(35,36)23-9-6-5-7-10-23/h5-16,21-22,27,30,33H,17-19H2,1-4H3/t21-,22-,27+/m1/s1. The number of amides is 1. The van der Waals surface area contributed by atoms with E-state index in [1.54, 1.807) is 55.5 Å². The molecule has 0 aliphatic carbocycles. The number of nitrogens with one attached hydrogen (secondary N) is 1. The highest BCUT2D eigenvalue weighted by atomic mass is 32.2. The van der Waals surface area contributed by atoms with Crippen LogP contribution in [0.15, 0.2) is 82.6 Å². The molecule has 1 heterocycles. The number of sulfonamides is 2. The van der Waals surface area contributed by atoms with Gasteiger partial charge in [0.2, 0.25) is 10.0 Å². The van der Waals surface area contributed by atoms with Crippen molar-refractivity contribution in [1.82, 2.24) is 9.21 Å². The van der Waals surface area contributed by atoms with Crippen molar-refractivity contribution < 1.29 is 31.5 Å². The molecule has 2 N–H and O–H groups in total. The van der Waals surface area contributed by atoms with Crippen molar-refractivity contribution in [2.75, 3.05) is 31.5 Å². The number of aliphatic hydroxyl groups is 1. The molecule has 0 fully saturated rings. The van der Waals surface area contributed by atoms with E-state index in [1.165, 1.54) is 40.5 Å². The molecular formula is C29H35N3O7S2. The molecule has 220 valence electrons. The number of carbonyl (C=O) groups is 1. The fourth-order valence-corrected chi connectivity index (χ4v) is 6.85. The Morgan fingerprint density at radius 2 is 1.66 bits per heavy atom. The third kappa shape index (κ3) is 6.56. The van der Waals surface area contributed by atoms with Gasteiger partial charge in [-0.25, -0.2) is 16.8 Å². The molecule has 3 aromatic carbocycles. The van der Waals surface area contributed by atoms with Crippen LogP contribution in [0.3, 0.4) is 0 Å². The summed E-state index contributed by atoms with van der Waals surface area (Å²) in [5, 5.41) is 9.89. The van der Waals surface area contributed by atoms with E-state index in [2.05, 4.69) is 4.72 Å². The smallest absolute Gasteiger partial charge is 0.262 e. The molecule has 1 aliphatic heterocycles. The monoisotopic (exact) mass is 601 g/mol. The second kappa shape index (κ2) is 12.2. The summed E-state index contributed by atoms with van der Waals surface area (Å²) in [6.45, 7) is 5.21. The van der Waals surface area contributed by atoms with Crippen molar-refractivity contribution >= 4 is 31.6 Å². The molecule has 12 heteroatoms. The van der Waals surface area contributed by atoms with E-state index in [9.17, 15) is 26.7 Å². The number of hydrogen-bond acceptors (Lipinski definition) is 7. The number of ether oxygens (including phenoxy) is 1. The number of hydrogen-bond donors (Lipinski definition) is 2. The van der Waals surface area contributed by atoms with Crippen LogP contribution in [-0.2, 0) is 20.0 Å². The number of nitrogens with zero attached hydrogens (tertiary/aromatic N) is 2. The first kappa shape index (κ1) is 30.5. The summed E-state index contributed by atoms with van der Waals surface area (Å²) in [6.07, 6.45) is -0.775. The Kier molecular flexibility index (Phi) is 9.07. The highest BCUT2D eigenvalue weighted by Gasteiger charge is 2.36. The Morgan fingerprint density at radius 1 is 1.00 bits per heavy atom. The van der Waals surface area contributed by atoms with Gasteiger partial charge in [-0.2, -0.15) is 4.31 Å². The molecule has 3 atom stereocenters. The van der Waals surface area contributed by atoms with Gasteiger partial charge in [-0.15, -0.1) is 0 Å². The van der Waals surface area contributed by atoms with E-state index in [0.29, 0.717) is 0 Å². The Balaban J connectivity index is 1.76. The summed E-state index contributed by atoms with van der Waals surface area (Å²) in [4.78, 5) is 15.3. The van der Waals surface area contributed by atoms with Crippen molar-refractivity contribution in [3.8, 4) is 5.75 Å². The number of benzene rings is 3. The van der Waals surface area contributed by atoms with Crippen molar-refractivity contribution in [2.45, 2.75) is 42.7 Å². The van der Waals surface area contributed by atoms with Crippen LogP contribution in [0.25, 0.3) is 0 Å². The molecule has 41 heavy (non-hydrogen) atoms.